The quantitative estimate of drug-likeness (QED) is 0.310. The number of amides is 2. The van der Waals surface area contributed by atoms with Crippen LogP contribution in [0.5, 0.6) is 0 Å². The summed E-state index contributed by atoms with van der Waals surface area (Å²) >= 11 is 6.09. The van der Waals surface area contributed by atoms with E-state index >= 15 is 0 Å². The first kappa shape index (κ1) is 27.8. The summed E-state index contributed by atoms with van der Waals surface area (Å²) in [5.74, 6) is -0.0148. The lowest BCUT2D eigenvalue weighted by Crippen LogP contribution is -2.53. The summed E-state index contributed by atoms with van der Waals surface area (Å²) < 4.78 is 13.4. The molecule has 0 saturated carbocycles. The van der Waals surface area contributed by atoms with Crippen LogP contribution in [0.15, 0.2) is 72.8 Å². The zero-order valence-corrected chi connectivity index (χ0v) is 22.3. The number of nitrogens with zero attached hydrogens (tertiary/aromatic N) is 1. The largest absolute Gasteiger partial charge is 0.382 e. The van der Waals surface area contributed by atoms with Gasteiger partial charge in [0.2, 0.25) is 0 Å². The lowest BCUT2D eigenvalue weighted by atomic mass is 9.84. The third-order valence-electron chi connectivity index (χ3n) is 7.27. The molecule has 1 heterocycles. The van der Waals surface area contributed by atoms with Crippen molar-refractivity contribution in [3.63, 3.8) is 0 Å². The molecule has 0 aromatic heterocycles. The predicted molar refractivity (Wildman–Crippen MR) is 148 cm³/mol. The van der Waals surface area contributed by atoms with E-state index in [2.05, 4.69) is 22.5 Å². The van der Waals surface area contributed by atoms with Crippen molar-refractivity contribution in [1.29, 1.82) is 0 Å². The number of hydrogen-bond donors (Lipinski definition) is 3. The average molecular weight is 538 g/mol. The summed E-state index contributed by atoms with van der Waals surface area (Å²) in [6.07, 6.45) is 1.76. The highest BCUT2D eigenvalue weighted by Gasteiger charge is 2.36. The maximum absolute atomic E-state index is 13.4. The van der Waals surface area contributed by atoms with Crippen LogP contribution in [0.2, 0.25) is 5.02 Å². The number of halogens is 2. The summed E-state index contributed by atoms with van der Waals surface area (Å²) in [6, 6.07) is 20.1. The number of Topliss-reactive ketones (excluding diaryl/α,β-unsaturated/α-hetero) is 1. The number of nitrogens with one attached hydrogen (secondary N) is 2. The molecule has 4 rings (SSSR count). The lowest BCUT2D eigenvalue weighted by molar-refractivity contribution is -0.0180. The third kappa shape index (κ3) is 6.98. The maximum Gasteiger partial charge on any atom is 0.319 e. The number of β-amino-alcohol motifs (C(OH)–C–C–N with tert-alkyl or cyclic N) is 1. The first-order chi connectivity index (χ1) is 18.1. The molecule has 0 radical (unpaired) electrons. The molecule has 2 unspecified atom stereocenters. The van der Waals surface area contributed by atoms with E-state index in [9.17, 15) is 19.1 Å². The van der Waals surface area contributed by atoms with Crippen LogP contribution in [0.3, 0.4) is 0 Å². The Hall–Kier alpha value is -3.26. The maximum atomic E-state index is 13.4. The number of carbonyl (C=O) groups excluding carboxylic acids is 2. The van der Waals surface area contributed by atoms with Crippen LogP contribution in [-0.4, -0.2) is 47.5 Å². The molecule has 1 saturated heterocycles. The minimum Gasteiger partial charge on any atom is -0.382 e. The van der Waals surface area contributed by atoms with Crippen molar-refractivity contribution in [1.82, 2.24) is 10.2 Å². The summed E-state index contributed by atoms with van der Waals surface area (Å²) in [6.45, 7) is 4.63. The van der Waals surface area contributed by atoms with Crippen molar-refractivity contribution >= 4 is 29.1 Å². The number of ketones is 1. The van der Waals surface area contributed by atoms with Crippen molar-refractivity contribution < 1.29 is 19.1 Å². The summed E-state index contributed by atoms with van der Waals surface area (Å²) in [4.78, 5) is 26.6. The fourth-order valence-corrected chi connectivity index (χ4v) is 5.18. The van der Waals surface area contributed by atoms with Gasteiger partial charge < -0.3 is 15.7 Å². The number of urea groups is 1. The topological polar surface area (TPSA) is 81.7 Å². The Labute approximate surface area is 227 Å². The van der Waals surface area contributed by atoms with Crippen molar-refractivity contribution in [2.75, 3.05) is 25.0 Å². The van der Waals surface area contributed by atoms with Crippen molar-refractivity contribution in [3.05, 3.63) is 100 Å². The Morgan fingerprint density at radius 2 is 1.82 bits per heavy atom. The second kappa shape index (κ2) is 12.1. The molecule has 3 N–H and O–H groups in total. The summed E-state index contributed by atoms with van der Waals surface area (Å²) in [5, 5.41) is 18.0. The fourth-order valence-electron chi connectivity index (χ4n) is 5.06. The van der Waals surface area contributed by atoms with Gasteiger partial charge in [0.25, 0.3) is 0 Å². The fraction of sp³-hybridized carbons (Fsp3) is 0.333. The third-order valence-corrected chi connectivity index (χ3v) is 7.52. The van der Waals surface area contributed by atoms with Gasteiger partial charge in [-0.05, 0) is 86.7 Å². The molecule has 3 atom stereocenters. The molecule has 0 spiro atoms. The number of carbonyl (C=O) groups is 2. The van der Waals surface area contributed by atoms with Crippen molar-refractivity contribution in [3.8, 4) is 0 Å². The molecule has 2 amide bonds. The summed E-state index contributed by atoms with van der Waals surface area (Å²) in [7, 11) is 0. The molecule has 6 nitrogen and oxygen atoms in total. The standard InChI is InChI=1S/C30H33ClFN3O3/c1-20-16-24(22-6-12-27(32)13-7-22)14-15-35(20)19-30(38,25-8-10-26(31)11-9-25)18-33-29(37)34-28-5-3-4-23(17-28)21(2)36/h3-13,17,20,24,38H,14-16,18-19H2,1-2H3,(H2,33,34,37)/t20?,24?,30-/m1/s1. The van der Waals surface area contributed by atoms with Crippen LogP contribution in [0.25, 0.3) is 0 Å². The zero-order valence-electron chi connectivity index (χ0n) is 21.6. The highest BCUT2D eigenvalue weighted by Crippen LogP contribution is 2.34. The molecule has 200 valence electrons. The molecule has 0 aliphatic carbocycles. The molecule has 3 aromatic rings. The smallest absolute Gasteiger partial charge is 0.319 e. The van der Waals surface area contributed by atoms with E-state index in [1.165, 1.54) is 19.1 Å². The van der Waals surface area contributed by atoms with E-state index in [4.69, 9.17) is 11.6 Å². The Morgan fingerprint density at radius 1 is 1.11 bits per heavy atom. The monoisotopic (exact) mass is 537 g/mol. The molecule has 0 bridgehead atoms. The molecule has 1 aliphatic rings. The van der Waals surface area contributed by atoms with E-state index in [-0.39, 0.29) is 24.2 Å². The second-order valence-electron chi connectivity index (χ2n) is 10.1. The van der Waals surface area contributed by atoms with Gasteiger partial charge in [-0.15, -0.1) is 0 Å². The van der Waals surface area contributed by atoms with Gasteiger partial charge in [-0.3, -0.25) is 9.69 Å². The number of aliphatic hydroxyl groups is 1. The van der Waals surface area contributed by atoms with E-state index < -0.39 is 11.6 Å². The summed E-state index contributed by atoms with van der Waals surface area (Å²) in [5.41, 5.74) is 1.38. The highest BCUT2D eigenvalue weighted by molar-refractivity contribution is 6.30. The average Bonchev–Trinajstić information content (AvgIpc) is 2.90. The van der Waals surface area contributed by atoms with Crippen LogP contribution >= 0.6 is 11.6 Å². The highest BCUT2D eigenvalue weighted by atomic mass is 35.5. The van der Waals surface area contributed by atoms with Crippen molar-refractivity contribution in [2.45, 2.75) is 44.2 Å². The van der Waals surface area contributed by atoms with Crippen molar-refractivity contribution in [2.24, 2.45) is 0 Å². The van der Waals surface area contributed by atoms with Gasteiger partial charge in [-0.1, -0.05) is 48.0 Å². The van der Waals surface area contributed by atoms with Gasteiger partial charge >= 0.3 is 6.03 Å². The number of hydrogen-bond acceptors (Lipinski definition) is 4. The molecular formula is C30H33ClFN3O3. The molecule has 1 aliphatic heterocycles. The number of likely N-dealkylation sites (tertiary alicyclic amines) is 1. The van der Waals surface area contributed by atoms with Gasteiger partial charge in [0.1, 0.15) is 11.4 Å². The predicted octanol–water partition coefficient (Wildman–Crippen LogP) is 5.96. The van der Waals surface area contributed by atoms with Gasteiger partial charge in [0, 0.05) is 28.9 Å². The lowest BCUT2D eigenvalue weighted by Gasteiger charge is -2.42. The first-order valence-electron chi connectivity index (χ1n) is 12.8. The Bertz CT molecular complexity index is 1270. The first-order valence-corrected chi connectivity index (χ1v) is 13.1. The number of piperidine rings is 1. The number of benzene rings is 3. The SMILES string of the molecule is CC(=O)c1cccc(NC(=O)NC[C@@](O)(CN2CCC(c3ccc(F)cc3)CC2C)c2ccc(Cl)cc2)c1. The minimum absolute atomic E-state index is 0.0303. The number of anilines is 1. The normalized spacial score (nSPS) is 19.4. The number of rotatable bonds is 8. The zero-order chi connectivity index (χ0) is 27.3. The molecule has 38 heavy (non-hydrogen) atoms. The van der Waals surface area contributed by atoms with E-state index in [1.807, 2.05) is 12.1 Å². The molecule has 8 heteroatoms. The van der Waals surface area contributed by atoms with E-state index in [0.717, 1.165) is 24.9 Å². The van der Waals surface area contributed by atoms with E-state index in [0.29, 0.717) is 34.3 Å². The van der Waals surface area contributed by atoms with Crippen LogP contribution < -0.4 is 10.6 Å². The molecular weight excluding hydrogens is 505 g/mol. The molecule has 3 aromatic carbocycles. The van der Waals surface area contributed by atoms with Gasteiger partial charge in [0.15, 0.2) is 5.78 Å². The van der Waals surface area contributed by atoms with Crippen LogP contribution in [0, 0.1) is 5.82 Å². The van der Waals surface area contributed by atoms with E-state index in [1.54, 1.807) is 48.5 Å². The Kier molecular flexibility index (Phi) is 8.82. The van der Waals surface area contributed by atoms with Crippen LogP contribution in [0.1, 0.15) is 54.1 Å². The second-order valence-corrected chi connectivity index (χ2v) is 10.5. The van der Waals surface area contributed by atoms with Crippen LogP contribution in [0.4, 0.5) is 14.9 Å². The minimum atomic E-state index is -1.37. The van der Waals surface area contributed by atoms with Gasteiger partial charge in [0.05, 0.1) is 6.54 Å². The molecule has 1 fully saturated rings. The Balaban J connectivity index is 1.45. The van der Waals surface area contributed by atoms with Gasteiger partial charge in [-0.25, -0.2) is 9.18 Å². The Morgan fingerprint density at radius 3 is 2.47 bits per heavy atom. The van der Waals surface area contributed by atoms with Crippen LogP contribution in [-0.2, 0) is 5.60 Å². The van der Waals surface area contributed by atoms with Gasteiger partial charge in [-0.2, -0.15) is 0 Å².